The van der Waals surface area contributed by atoms with Gasteiger partial charge in [0, 0.05) is 11.6 Å². The van der Waals surface area contributed by atoms with Crippen LogP contribution >= 0.6 is 15.9 Å². The Balaban J connectivity index is 2.41. The number of nitrogens with zero attached hydrogens (tertiary/aromatic N) is 1. The molecule has 20 heavy (non-hydrogen) atoms. The minimum atomic E-state index is 0.0343. The van der Waals surface area contributed by atoms with Crippen LogP contribution in [0, 0.1) is 0 Å². The van der Waals surface area contributed by atoms with Crippen LogP contribution in [0.25, 0.3) is 0 Å². The Kier molecular flexibility index (Phi) is 4.48. The van der Waals surface area contributed by atoms with E-state index in [1.165, 1.54) is 11.1 Å². The first-order valence-electron chi connectivity index (χ1n) is 6.84. The molecular weight excluding hydrogens is 314 g/mol. The third kappa shape index (κ3) is 3.60. The van der Waals surface area contributed by atoms with Gasteiger partial charge in [-0.3, -0.25) is 0 Å². The summed E-state index contributed by atoms with van der Waals surface area (Å²) in [5, 5.41) is 0. The monoisotopic (exact) mass is 333 g/mol. The first kappa shape index (κ1) is 15.0. The lowest BCUT2D eigenvalue weighted by Gasteiger charge is -2.23. The van der Waals surface area contributed by atoms with E-state index < -0.39 is 0 Å². The number of halogens is 1. The van der Waals surface area contributed by atoms with Gasteiger partial charge in [0.1, 0.15) is 10.4 Å². The van der Waals surface area contributed by atoms with E-state index in [-0.39, 0.29) is 5.41 Å². The lowest BCUT2D eigenvalue weighted by Crippen LogP contribution is -2.13. The van der Waals surface area contributed by atoms with Crippen molar-refractivity contribution in [2.75, 3.05) is 0 Å². The van der Waals surface area contributed by atoms with Gasteiger partial charge < -0.3 is 4.74 Å². The molecule has 0 radical (unpaired) electrons. The molecule has 2 nitrogen and oxygen atoms in total. The van der Waals surface area contributed by atoms with Crippen molar-refractivity contribution in [1.29, 1.82) is 0 Å². The number of hydrogen-bond donors (Lipinski definition) is 0. The van der Waals surface area contributed by atoms with Crippen molar-refractivity contribution in [3.05, 3.63) is 52.1 Å². The van der Waals surface area contributed by atoms with Crippen LogP contribution in [0.5, 0.6) is 11.6 Å². The van der Waals surface area contributed by atoms with Crippen LogP contribution < -0.4 is 4.74 Å². The molecule has 0 unspecified atom stereocenters. The van der Waals surface area contributed by atoms with Crippen LogP contribution in [0.3, 0.4) is 0 Å². The molecule has 1 aromatic heterocycles. The largest absolute Gasteiger partial charge is 0.439 e. The van der Waals surface area contributed by atoms with Crippen molar-refractivity contribution in [3.63, 3.8) is 0 Å². The smallest absolute Gasteiger partial charge is 0.220 e. The highest BCUT2D eigenvalue weighted by Gasteiger charge is 2.20. The van der Waals surface area contributed by atoms with E-state index in [2.05, 4.69) is 60.7 Å². The summed E-state index contributed by atoms with van der Waals surface area (Å²) in [6.45, 7) is 8.76. The SMILES string of the molecule is CCc1ccc(Oc2cccc(Br)n2)c(C(C)(C)C)c1. The molecule has 0 aliphatic heterocycles. The molecule has 2 aromatic rings. The number of pyridine rings is 1. The van der Waals surface area contributed by atoms with E-state index >= 15 is 0 Å². The van der Waals surface area contributed by atoms with Crippen molar-refractivity contribution < 1.29 is 4.74 Å². The Hall–Kier alpha value is -1.35. The van der Waals surface area contributed by atoms with Crippen LogP contribution in [-0.2, 0) is 11.8 Å². The Morgan fingerprint density at radius 2 is 1.90 bits per heavy atom. The first-order chi connectivity index (χ1) is 9.40. The normalized spacial score (nSPS) is 11.4. The maximum Gasteiger partial charge on any atom is 0.220 e. The molecule has 106 valence electrons. The second-order valence-electron chi connectivity index (χ2n) is 5.83. The highest BCUT2D eigenvalue weighted by atomic mass is 79.9. The number of aryl methyl sites for hydroxylation is 1. The topological polar surface area (TPSA) is 22.1 Å². The van der Waals surface area contributed by atoms with Crippen LogP contribution in [0.1, 0.15) is 38.8 Å². The van der Waals surface area contributed by atoms with Gasteiger partial charge in [0.05, 0.1) is 0 Å². The third-order valence-electron chi connectivity index (χ3n) is 3.16. The number of aromatic nitrogens is 1. The van der Waals surface area contributed by atoms with Crippen molar-refractivity contribution >= 4 is 15.9 Å². The summed E-state index contributed by atoms with van der Waals surface area (Å²) < 4.78 is 6.75. The first-order valence-corrected chi connectivity index (χ1v) is 7.63. The minimum absolute atomic E-state index is 0.0343. The highest BCUT2D eigenvalue weighted by Crippen LogP contribution is 2.34. The maximum absolute atomic E-state index is 5.98. The quantitative estimate of drug-likeness (QED) is 0.692. The number of hydrogen-bond acceptors (Lipinski definition) is 2. The fourth-order valence-electron chi connectivity index (χ4n) is 2.03. The molecular formula is C17H20BrNO. The lowest BCUT2D eigenvalue weighted by molar-refractivity contribution is 0.438. The Morgan fingerprint density at radius 3 is 2.50 bits per heavy atom. The lowest BCUT2D eigenvalue weighted by atomic mass is 9.85. The summed E-state index contributed by atoms with van der Waals surface area (Å²) in [4.78, 5) is 4.33. The maximum atomic E-state index is 5.98. The average molecular weight is 334 g/mol. The summed E-state index contributed by atoms with van der Waals surface area (Å²) >= 11 is 3.37. The van der Waals surface area contributed by atoms with E-state index in [1.807, 2.05) is 24.3 Å². The van der Waals surface area contributed by atoms with Gasteiger partial charge in [0.2, 0.25) is 5.88 Å². The molecule has 0 fully saturated rings. The standard InChI is InChI=1S/C17H20BrNO/c1-5-12-9-10-14(13(11-12)17(2,3)4)20-16-8-6-7-15(18)19-16/h6-11H,5H2,1-4H3. The van der Waals surface area contributed by atoms with Crippen LogP contribution in [0.4, 0.5) is 0 Å². The summed E-state index contributed by atoms with van der Waals surface area (Å²) in [7, 11) is 0. The molecule has 1 aromatic carbocycles. The molecule has 0 bridgehead atoms. The van der Waals surface area contributed by atoms with E-state index in [0.29, 0.717) is 5.88 Å². The summed E-state index contributed by atoms with van der Waals surface area (Å²) in [6.07, 6.45) is 1.03. The van der Waals surface area contributed by atoms with Crippen LogP contribution in [0.15, 0.2) is 41.0 Å². The molecule has 0 amide bonds. The molecule has 0 atom stereocenters. The zero-order chi connectivity index (χ0) is 14.8. The van der Waals surface area contributed by atoms with Crippen molar-refractivity contribution in [1.82, 2.24) is 4.98 Å². The molecule has 0 aliphatic carbocycles. The van der Waals surface area contributed by atoms with Gasteiger partial charge >= 0.3 is 0 Å². The zero-order valence-corrected chi connectivity index (χ0v) is 14.0. The number of ether oxygens (including phenoxy) is 1. The van der Waals surface area contributed by atoms with E-state index in [0.717, 1.165) is 16.8 Å². The fourth-order valence-corrected chi connectivity index (χ4v) is 2.36. The molecule has 1 heterocycles. The van der Waals surface area contributed by atoms with Crippen LogP contribution in [-0.4, -0.2) is 4.98 Å². The van der Waals surface area contributed by atoms with E-state index in [9.17, 15) is 0 Å². The number of benzene rings is 1. The van der Waals surface area contributed by atoms with Crippen LogP contribution in [0.2, 0.25) is 0 Å². The average Bonchev–Trinajstić information content (AvgIpc) is 2.38. The van der Waals surface area contributed by atoms with Gasteiger partial charge in [-0.15, -0.1) is 0 Å². The molecule has 0 spiro atoms. The van der Waals surface area contributed by atoms with Crippen molar-refractivity contribution in [3.8, 4) is 11.6 Å². The van der Waals surface area contributed by atoms with Gasteiger partial charge in [-0.2, -0.15) is 0 Å². The zero-order valence-electron chi connectivity index (χ0n) is 12.4. The molecule has 0 N–H and O–H groups in total. The molecule has 2 rings (SSSR count). The van der Waals surface area contributed by atoms with Gasteiger partial charge in [-0.25, -0.2) is 4.98 Å². The number of rotatable bonds is 3. The molecule has 0 saturated heterocycles. The van der Waals surface area contributed by atoms with E-state index in [1.54, 1.807) is 0 Å². The van der Waals surface area contributed by atoms with Gasteiger partial charge in [0.25, 0.3) is 0 Å². The minimum Gasteiger partial charge on any atom is -0.439 e. The summed E-state index contributed by atoms with van der Waals surface area (Å²) in [5.74, 6) is 1.48. The Labute approximate surface area is 129 Å². The highest BCUT2D eigenvalue weighted by molar-refractivity contribution is 9.10. The van der Waals surface area contributed by atoms with Crippen molar-refractivity contribution in [2.24, 2.45) is 0 Å². The summed E-state index contributed by atoms with van der Waals surface area (Å²) in [6, 6.07) is 12.1. The molecule has 0 aliphatic rings. The fraction of sp³-hybridized carbons (Fsp3) is 0.353. The second-order valence-corrected chi connectivity index (χ2v) is 6.65. The Bertz CT molecular complexity index is 602. The van der Waals surface area contributed by atoms with Crippen molar-refractivity contribution in [2.45, 2.75) is 39.5 Å². The van der Waals surface area contributed by atoms with Gasteiger partial charge in [-0.1, -0.05) is 45.9 Å². The predicted octanol–water partition coefficient (Wildman–Crippen LogP) is 5.50. The second kappa shape index (κ2) is 5.96. The Morgan fingerprint density at radius 1 is 1.15 bits per heavy atom. The summed E-state index contributed by atoms with van der Waals surface area (Å²) in [5.41, 5.74) is 2.56. The predicted molar refractivity (Wildman–Crippen MR) is 86.5 cm³/mol. The molecule has 3 heteroatoms. The van der Waals surface area contributed by atoms with Gasteiger partial charge in [0.15, 0.2) is 0 Å². The molecule has 0 saturated carbocycles. The van der Waals surface area contributed by atoms with Gasteiger partial charge in [-0.05, 0) is 45.5 Å². The third-order valence-corrected chi connectivity index (χ3v) is 3.61. The van der Waals surface area contributed by atoms with E-state index in [4.69, 9.17) is 4.74 Å².